The highest BCUT2D eigenvalue weighted by Crippen LogP contribution is 2.14. The van der Waals surface area contributed by atoms with Crippen molar-refractivity contribution in [1.29, 1.82) is 10.5 Å². The van der Waals surface area contributed by atoms with Gasteiger partial charge < -0.3 is 4.90 Å². The molecule has 0 bridgehead atoms. The van der Waals surface area contributed by atoms with E-state index in [0.717, 1.165) is 27.9 Å². The molecule has 5 heteroatoms. The molecule has 0 atom stereocenters. The van der Waals surface area contributed by atoms with Crippen molar-refractivity contribution in [3.63, 3.8) is 0 Å². The van der Waals surface area contributed by atoms with Crippen LogP contribution in [0.4, 0.5) is 0 Å². The minimum Gasteiger partial charge on any atom is -0.354 e. The first kappa shape index (κ1) is 21.3. The minimum atomic E-state index is 0.0423. The predicted octanol–water partition coefficient (Wildman–Crippen LogP) is 4.64. The quantitative estimate of drug-likeness (QED) is 0.622. The van der Waals surface area contributed by atoms with E-state index in [1.165, 1.54) is 37.0 Å². The SMILES string of the molecule is CCCCCCN1C=CC(=C/C=c2/sc(=C(C#N)C#N)nc2-c2ccccc2)C=C1. The largest absolute Gasteiger partial charge is 0.354 e. The van der Waals surface area contributed by atoms with Crippen LogP contribution in [0, 0.1) is 22.7 Å². The van der Waals surface area contributed by atoms with E-state index in [2.05, 4.69) is 41.4 Å². The van der Waals surface area contributed by atoms with Crippen molar-refractivity contribution in [2.45, 2.75) is 32.6 Å². The Balaban J connectivity index is 1.87. The van der Waals surface area contributed by atoms with Crippen molar-refractivity contribution >= 4 is 23.0 Å². The van der Waals surface area contributed by atoms with Crippen LogP contribution in [-0.2, 0) is 0 Å². The third-order valence-electron chi connectivity index (χ3n) is 4.75. The molecule has 4 nitrogen and oxygen atoms in total. The van der Waals surface area contributed by atoms with Crippen molar-refractivity contribution in [3.05, 3.63) is 75.7 Å². The van der Waals surface area contributed by atoms with E-state index in [1.54, 1.807) is 0 Å². The summed E-state index contributed by atoms with van der Waals surface area (Å²) in [6.45, 7) is 3.27. The molecule has 1 aromatic carbocycles. The van der Waals surface area contributed by atoms with Gasteiger partial charge >= 0.3 is 0 Å². The van der Waals surface area contributed by atoms with E-state index in [9.17, 15) is 10.5 Å². The summed E-state index contributed by atoms with van der Waals surface area (Å²) in [5.41, 5.74) is 2.89. The maximum atomic E-state index is 9.21. The van der Waals surface area contributed by atoms with Crippen LogP contribution in [0.5, 0.6) is 0 Å². The molecular weight excluding hydrogens is 388 g/mol. The second-order valence-electron chi connectivity index (χ2n) is 6.96. The van der Waals surface area contributed by atoms with E-state index in [1.807, 2.05) is 54.6 Å². The number of nitrogens with zero attached hydrogens (tertiary/aromatic N) is 4. The summed E-state index contributed by atoms with van der Waals surface area (Å²) in [4.78, 5) is 6.80. The first-order valence-electron chi connectivity index (χ1n) is 10.2. The van der Waals surface area contributed by atoms with Gasteiger partial charge in [-0.1, -0.05) is 62.6 Å². The van der Waals surface area contributed by atoms with E-state index in [0.29, 0.717) is 4.66 Å². The Kier molecular flexibility index (Phi) is 7.78. The lowest BCUT2D eigenvalue weighted by Crippen LogP contribution is -2.13. The van der Waals surface area contributed by atoms with Crippen molar-refractivity contribution in [2.24, 2.45) is 0 Å². The fourth-order valence-electron chi connectivity index (χ4n) is 3.10. The number of nitriles is 2. The lowest BCUT2D eigenvalue weighted by atomic mass is 10.1. The van der Waals surface area contributed by atoms with Crippen molar-refractivity contribution in [3.8, 4) is 23.4 Å². The molecule has 0 saturated heterocycles. The van der Waals surface area contributed by atoms with Gasteiger partial charge in [0.1, 0.15) is 16.8 Å². The third-order valence-corrected chi connectivity index (χ3v) is 5.79. The number of hydrogen-bond donors (Lipinski definition) is 0. The van der Waals surface area contributed by atoms with Crippen LogP contribution < -0.4 is 9.20 Å². The van der Waals surface area contributed by atoms with E-state index in [4.69, 9.17) is 0 Å². The zero-order valence-electron chi connectivity index (χ0n) is 17.1. The number of benzene rings is 1. The summed E-state index contributed by atoms with van der Waals surface area (Å²) in [6, 6.07) is 13.7. The Bertz CT molecular complexity index is 1120. The van der Waals surface area contributed by atoms with Gasteiger partial charge in [0.2, 0.25) is 0 Å². The molecule has 0 aliphatic carbocycles. The van der Waals surface area contributed by atoms with E-state index < -0.39 is 0 Å². The number of allylic oxidation sites excluding steroid dienone is 4. The Hall–Kier alpha value is -3.41. The summed E-state index contributed by atoms with van der Waals surface area (Å²) in [5, 5.41) is 18.4. The summed E-state index contributed by atoms with van der Waals surface area (Å²) < 4.78 is 1.38. The molecule has 0 fully saturated rings. The number of thiazole rings is 1. The normalized spacial score (nSPS) is 13.2. The first-order valence-corrected chi connectivity index (χ1v) is 11.0. The first-order chi connectivity index (χ1) is 14.7. The van der Waals surface area contributed by atoms with Crippen LogP contribution >= 0.6 is 11.3 Å². The van der Waals surface area contributed by atoms with Crippen LogP contribution in [0.2, 0.25) is 0 Å². The zero-order chi connectivity index (χ0) is 21.2. The molecule has 0 spiro atoms. The molecule has 1 aliphatic rings. The smallest absolute Gasteiger partial charge is 0.165 e. The van der Waals surface area contributed by atoms with Gasteiger partial charge in [-0.15, -0.1) is 11.3 Å². The molecule has 0 saturated carbocycles. The molecule has 0 amide bonds. The molecule has 0 radical (unpaired) electrons. The molecule has 150 valence electrons. The molecule has 3 rings (SSSR count). The highest BCUT2D eigenvalue weighted by atomic mass is 32.1. The molecule has 0 unspecified atom stereocenters. The van der Waals surface area contributed by atoms with Crippen LogP contribution in [0.1, 0.15) is 32.6 Å². The van der Waals surface area contributed by atoms with Gasteiger partial charge in [0, 0.05) is 24.5 Å². The number of aromatic nitrogens is 1. The van der Waals surface area contributed by atoms with Gasteiger partial charge in [-0.2, -0.15) is 10.5 Å². The maximum Gasteiger partial charge on any atom is 0.165 e. The molecule has 2 aromatic rings. The van der Waals surface area contributed by atoms with Crippen LogP contribution in [0.25, 0.3) is 22.9 Å². The van der Waals surface area contributed by atoms with Crippen LogP contribution in [0.15, 0.2) is 66.5 Å². The fourth-order valence-corrected chi connectivity index (χ4v) is 4.03. The van der Waals surface area contributed by atoms with Crippen molar-refractivity contribution in [2.75, 3.05) is 6.54 Å². The summed E-state index contributed by atoms with van der Waals surface area (Å²) in [6.07, 6.45) is 17.5. The summed E-state index contributed by atoms with van der Waals surface area (Å²) >= 11 is 1.36. The fraction of sp³-hybridized carbons (Fsp3) is 0.240. The van der Waals surface area contributed by atoms with Gasteiger partial charge in [0.15, 0.2) is 5.57 Å². The average molecular weight is 413 g/mol. The van der Waals surface area contributed by atoms with Crippen molar-refractivity contribution < 1.29 is 0 Å². The highest BCUT2D eigenvalue weighted by molar-refractivity contribution is 7.08. The minimum absolute atomic E-state index is 0.0423. The van der Waals surface area contributed by atoms with E-state index >= 15 is 0 Å². The lowest BCUT2D eigenvalue weighted by molar-refractivity contribution is 0.468. The monoisotopic (exact) mass is 412 g/mol. The molecule has 1 aliphatic heterocycles. The van der Waals surface area contributed by atoms with Gasteiger partial charge in [-0.05, 0) is 30.2 Å². The number of hydrogen-bond acceptors (Lipinski definition) is 5. The molecule has 1 aromatic heterocycles. The van der Waals surface area contributed by atoms with Gasteiger partial charge in [0.05, 0.1) is 10.2 Å². The average Bonchev–Trinajstić information content (AvgIpc) is 3.21. The van der Waals surface area contributed by atoms with Crippen LogP contribution in [0.3, 0.4) is 0 Å². The number of rotatable bonds is 7. The Morgan fingerprint density at radius 1 is 1.03 bits per heavy atom. The maximum absolute atomic E-state index is 9.21. The van der Waals surface area contributed by atoms with Gasteiger partial charge in [-0.3, -0.25) is 0 Å². The Morgan fingerprint density at radius 2 is 1.77 bits per heavy atom. The Morgan fingerprint density at radius 3 is 2.43 bits per heavy atom. The zero-order valence-corrected chi connectivity index (χ0v) is 17.9. The topological polar surface area (TPSA) is 63.7 Å². The molecule has 30 heavy (non-hydrogen) atoms. The third kappa shape index (κ3) is 5.56. The second-order valence-corrected chi connectivity index (χ2v) is 7.99. The summed E-state index contributed by atoms with van der Waals surface area (Å²) in [5.74, 6) is 0. The second kappa shape index (κ2) is 11.0. The highest BCUT2D eigenvalue weighted by Gasteiger charge is 2.07. The standard InChI is InChI=1S/C25H24N4S/c1-2-3-4-8-15-29-16-13-20(14-17-29)11-12-23-24(21-9-6-5-7-10-21)28-25(30-23)22(18-26)19-27/h5-7,9-14,16-17H,2-4,8,15H2,1H3/b23-12+. The molecular formula is C25H24N4S. The molecule has 0 N–H and O–H groups in total. The lowest BCUT2D eigenvalue weighted by Gasteiger charge is -2.18. The Labute approximate surface area is 181 Å². The number of unbranched alkanes of at least 4 members (excludes halogenated alkanes) is 3. The van der Waals surface area contributed by atoms with Gasteiger partial charge in [-0.25, -0.2) is 4.98 Å². The summed E-state index contributed by atoms with van der Waals surface area (Å²) in [7, 11) is 0. The van der Waals surface area contributed by atoms with Gasteiger partial charge in [0.25, 0.3) is 0 Å². The van der Waals surface area contributed by atoms with Crippen LogP contribution in [-0.4, -0.2) is 16.4 Å². The van der Waals surface area contributed by atoms with E-state index in [-0.39, 0.29) is 5.57 Å². The molecule has 2 heterocycles. The predicted molar refractivity (Wildman–Crippen MR) is 123 cm³/mol. The van der Waals surface area contributed by atoms with Crippen molar-refractivity contribution in [1.82, 2.24) is 9.88 Å².